The zero-order valence-electron chi connectivity index (χ0n) is 8.73. The van der Waals surface area contributed by atoms with Gasteiger partial charge in [-0.15, -0.1) is 10.2 Å². The number of carboxylic acid groups (broad SMARTS) is 1. The summed E-state index contributed by atoms with van der Waals surface area (Å²) in [7, 11) is 0. The molecule has 0 bridgehead atoms. The molecule has 86 valence electrons. The SMILES string of the molecule is CC(=O)NCCNc1ccc(C(=O)O)nn1. The molecule has 0 radical (unpaired) electrons. The first-order valence-electron chi connectivity index (χ1n) is 4.65. The summed E-state index contributed by atoms with van der Waals surface area (Å²) in [4.78, 5) is 21.0. The largest absolute Gasteiger partial charge is 0.476 e. The van der Waals surface area contributed by atoms with Crippen molar-refractivity contribution in [2.45, 2.75) is 6.92 Å². The summed E-state index contributed by atoms with van der Waals surface area (Å²) < 4.78 is 0. The van der Waals surface area contributed by atoms with Gasteiger partial charge >= 0.3 is 5.97 Å². The quantitative estimate of drug-likeness (QED) is 0.594. The number of nitrogens with zero attached hydrogens (tertiary/aromatic N) is 2. The maximum absolute atomic E-state index is 10.5. The molecule has 0 spiro atoms. The van der Waals surface area contributed by atoms with Gasteiger partial charge in [0.2, 0.25) is 5.91 Å². The van der Waals surface area contributed by atoms with Crippen LogP contribution >= 0.6 is 0 Å². The van der Waals surface area contributed by atoms with E-state index in [0.29, 0.717) is 18.9 Å². The predicted octanol–water partition coefficient (Wildman–Crippen LogP) is -0.277. The van der Waals surface area contributed by atoms with E-state index in [1.807, 2.05) is 0 Å². The smallest absolute Gasteiger partial charge is 0.356 e. The third-order valence-electron chi connectivity index (χ3n) is 1.69. The minimum absolute atomic E-state index is 0.103. The molecule has 1 amide bonds. The Morgan fingerprint density at radius 2 is 2.06 bits per heavy atom. The molecule has 1 heterocycles. The number of hydrogen-bond acceptors (Lipinski definition) is 5. The van der Waals surface area contributed by atoms with Crippen molar-refractivity contribution in [3.8, 4) is 0 Å². The van der Waals surface area contributed by atoms with Gasteiger partial charge in [0, 0.05) is 20.0 Å². The highest BCUT2D eigenvalue weighted by Gasteiger charge is 2.04. The molecule has 3 N–H and O–H groups in total. The second-order valence-corrected chi connectivity index (χ2v) is 3.02. The highest BCUT2D eigenvalue weighted by Crippen LogP contribution is 2.00. The predicted molar refractivity (Wildman–Crippen MR) is 56.2 cm³/mol. The van der Waals surface area contributed by atoms with Crippen LogP contribution in [0.2, 0.25) is 0 Å². The highest BCUT2D eigenvalue weighted by molar-refractivity contribution is 5.85. The Balaban J connectivity index is 2.38. The van der Waals surface area contributed by atoms with E-state index >= 15 is 0 Å². The van der Waals surface area contributed by atoms with E-state index in [-0.39, 0.29) is 11.6 Å². The van der Waals surface area contributed by atoms with E-state index in [9.17, 15) is 9.59 Å². The van der Waals surface area contributed by atoms with E-state index in [1.165, 1.54) is 19.1 Å². The van der Waals surface area contributed by atoms with Gasteiger partial charge in [-0.05, 0) is 12.1 Å². The summed E-state index contributed by atoms with van der Waals surface area (Å²) in [5, 5.41) is 21.2. The summed E-state index contributed by atoms with van der Waals surface area (Å²) in [5.74, 6) is -0.748. The van der Waals surface area contributed by atoms with Crippen molar-refractivity contribution in [3.63, 3.8) is 0 Å². The summed E-state index contributed by atoms with van der Waals surface area (Å²) >= 11 is 0. The van der Waals surface area contributed by atoms with Crippen molar-refractivity contribution < 1.29 is 14.7 Å². The van der Waals surface area contributed by atoms with E-state index in [2.05, 4.69) is 20.8 Å². The van der Waals surface area contributed by atoms with Gasteiger partial charge in [-0.25, -0.2) is 4.79 Å². The molecule has 1 aromatic rings. The van der Waals surface area contributed by atoms with Crippen LogP contribution in [-0.4, -0.2) is 40.3 Å². The van der Waals surface area contributed by atoms with Gasteiger partial charge < -0.3 is 15.7 Å². The van der Waals surface area contributed by atoms with Crippen LogP contribution in [0.1, 0.15) is 17.4 Å². The Hall–Kier alpha value is -2.18. The summed E-state index contributed by atoms with van der Waals surface area (Å²) in [5.41, 5.74) is -0.104. The molecule has 7 heteroatoms. The molecule has 1 aromatic heterocycles. The first-order chi connectivity index (χ1) is 7.59. The lowest BCUT2D eigenvalue weighted by Crippen LogP contribution is -2.26. The van der Waals surface area contributed by atoms with Crippen LogP contribution in [0, 0.1) is 0 Å². The van der Waals surface area contributed by atoms with Gasteiger partial charge in [-0.2, -0.15) is 0 Å². The van der Waals surface area contributed by atoms with Crippen molar-refractivity contribution in [3.05, 3.63) is 17.8 Å². The second-order valence-electron chi connectivity index (χ2n) is 3.02. The van der Waals surface area contributed by atoms with E-state index in [4.69, 9.17) is 5.11 Å². The van der Waals surface area contributed by atoms with Crippen molar-refractivity contribution in [2.24, 2.45) is 0 Å². The van der Waals surface area contributed by atoms with Gasteiger partial charge in [-0.1, -0.05) is 0 Å². The molecular weight excluding hydrogens is 212 g/mol. The lowest BCUT2D eigenvalue weighted by molar-refractivity contribution is -0.118. The van der Waals surface area contributed by atoms with E-state index < -0.39 is 5.97 Å². The maximum atomic E-state index is 10.5. The van der Waals surface area contributed by atoms with Crippen LogP contribution < -0.4 is 10.6 Å². The molecule has 7 nitrogen and oxygen atoms in total. The first-order valence-corrected chi connectivity index (χ1v) is 4.65. The van der Waals surface area contributed by atoms with Gasteiger partial charge in [0.25, 0.3) is 0 Å². The number of nitrogens with one attached hydrogen (secondary N) is 2. The number of rotatable bonds is 5. The minimum Gasteiger partial charge on any atom is -0.476 e. The third-order valence-corrected chi connectivity index (χ3v) is 1.69. The molecule has 0 aliphatic carbocycles. The highest BCUT2D eigenvalue weighted by atomic mass is 16.4. The number of carbonyl (C=O) groups is 2. The Bertz CT molecular complexity index is 377. The van der Waals surface area contributed by atoms with Crippen molar-refractivity contribution in [1.29, 1.82) is 0 Å². The average molecular weight is 224 g/mol. The Morgan fingerprint density at radius 3 is 2.56 bits per heavy atom. The number of aromatic nitrogens is 2. The third kappa shape index (κ3) is 3.91. The Morgan fingerprint density at radius 1 is 1.31 bits per heavy atom. The molecule has 0 atom stereocenters. The molecule has 0 saturated heterocycles. The Labute approximate surface area is 91.9 Å². The number of carboxylic acids is 1. The number of anilines is 1. The van der Waals surface area contributed by atoms with Crippen molar-refractivity contribution >= 4 is 17.7 Å². The normalized spacial score (nSPS) is 9.56. The van der Waals surface area contributed by atoms with E-state index in [1.54, 1.807) is 0 Å². The fraction of sp³-hybridized carbons (Fsp3) is 0.333. The minimum atomic E-state index is -1.11. The monoisotopic (exact) mass is 224 g/mol. The lowest BCUT2D eigenvalue weighted by Gasteiger charge is -2.04. The number of amides is 1. The van der Waals surface area contributed by atoms with Crippen LogP contribution in [0.3, 0.4) is 0 Å². The number of hydrogen-bond donors (Lipinski definition) is 3. The molecule has 16 heavy (non-hydrogen) atoms. The molecule has 1 rings (SSSR count). The Kier molecular flexibility index (Phi) is 4.19. The van der Waals surface area contributed by atoms with Gasteiger partial charge in [-0.3, -0.25) is 4.79 Å². The standard InChI is InChI=1S/C9H12N4O3/c1-6(14)10-4-5-11-8-3-2-7(9(15)16)12-13-8/h2-3H,4-5H2,1H3,(H,10,14)(H,11,13)(H,15,16). The zero-order chi connectivity index (χ0) is 12.0. The topological polar surface area (TPSA) is 104 Å². The molecule has 0 fully saturated rings. The van der Waals surface area contributed by atoms with Gasteiger partial charge in [0.05, 0.1) is 0 Å². The molecule has 0 unspecified atom stereocenters. The van der Waals surface area contributed by atoms with Crippen LogP contribution in [0.25, 0.3) is 0 Å². The lowest BCUT2D eigenvalue weighted by atomic mass is 10.4. The summed E-state index contributed by atoms with van der Waals surface area (Å²) in [6, 6.07) is 2.88. The average Bonchev–Trinajstić information content (AvgIpc) is 2.25. The van der Waals surface area contributed by atoms with Gasteiger partial charge in [0.1, 0.15) is 5.82 Å². The second kappa shape index (κ2) is 5.64. The van der Waals surface area contributed by atoms with Crippen LogP contribution in [0.4, 0.5) is 5.82 Å². The van der Waals surface area contributed by atoms with E-state index in [0.717, 1.165) is 0 Å². The molecular formula is C9H12N4O3. The number of carbonyl (C=O) groups excluding carboxylic acids is 1. The van der Waals surface area contributed by atoms with Gasteiger partial charge in [0.15, 0.2) is 5.69 Å². The first kappa shape index (κ1) is 11.9. The van der Waals surface area contributed by atoms with Crippen molar-refractivity contribution in [2.75, 3.05) is 18.4 Å². The molecule has 0 aliphatic rings. The fourth-order valence-corrected chi connectivity index (χ4v) is 0.970. The van der Waals surface area contributed by atoms with Crippen LogP contribution in [-0.2, 0) is 4.79 Å². The summed E-state index contributed by atoms with van der Waals surface area (Å²) in [6.45, 7) is 2.40. The zero-order valence-corrected chi connectivity index (χ0v) is 8.73. The molecule has 0 aromatic carbocycles. The molecule has 0 saturated carbocycles. The van der Waals surface area contributed by atoms with Crippen LogP contribution in [0.15, 0.2) is 12.1 Å². The van der Waals surface area contributed by atoms with Crippen LogP contribution in [0.5, 0.6) is 0 Å². The number of aromatic carboxylic acids is 1. The fourth-order valence-electron chi connectivity index (χ4n) is 0.970. The maximum Gasteiger partial charge on any atom is 0.356 e. The molecule has 0 aliphatic heterocycles. The van der Waals surface area contributed by atoms with Crippen molar-refractivity contribution in [1.82, 2.24) is 15.5 Å². The summed E-state index contributed by atoms with van der Waals surface area (Å²) in [6.07, 6.45) is 0.